The van der Waals surface area contributed by atoms with Crippen molar-refractivity contribution >= 4 is 34.2 Å². The molecule has 8 heteroatoms. The number of carbonyl (C=O) groups excluding carboxylic acids is 1. The number of fused-ring (bicyclic) bond motifs is 1. The highest BCUT2D eigenvalue weighted by Gasteiger charge is 2.36. The number of anilines is 1. The Morgan fingerprint density at radius 3 is 2.58 bits per heavy atom. The molecule has 0 aliphatic carbocycles. The zero-order valence-corrected chi connectivity index (χ0v) is 13.1. The molecule has 1 heterocycles. The largest absolute Gasteiger partial charge is 0.449 e. The summed E-state index contributed by atoms with van der Waals surface area (Å²) in [6, 6.07) is 10.9. The zero-order valence-electron chi connectivity index (χ0n) is 12.4. The maximum Gasteiger partial charge on any atom is 0.449 e. The standard InChI is InChI=1S/C16H11ClF3N3O/c1-23-13-7-6-9(8-12(13)22-15(23)16(18,19)20)21-14(24)10-4-2-3-5-11(10)17/h2-8H,1H3,(H,21,24). The molecule has 0 saturated heterocycles. The third-order valence-electron chi connectivity index (χ3n) is 3.51. The van der Waals surface area contributed by atoms with Gasteiger partial charge in [-0.1, -0.05) is 23.7 Å². The number of alkyl halides is 3. The maximum absolute atomic E-state index is 12.9. The van der Waals surface area contributed by atoms with Crippen molar-refractivity contribution in [2.45, 2.75) is 6.18 Å². The predicted octanol–water partition coefficient (Wildman–Crippen LogP) is 4.50. The molecule has 4 nitrogen and oxygen atoms in total. The van der Waals surface area contributed by atoms with Crippen LogP contribution in [0.25, 0.3) is 11.0 Å². The maximum atomic E-state index is 12.9. The molecule has 0 aliphatic heterocycles. The number of imidazole rings is 1. The van der Waals surface area contributed by atoms with Gasteiger partial charge >= 0.3 is 6.18 Å². The van der Waals surface area contributed by atoms with Crippen LogP contribution in [0.3, 0.4) is 0 Å². The number of aromatic nitrogens is 2. The lowest BCUT2D eigenvalue weighted by molar-refractivity contribution is -0.146. The second-order valence-corrected chi connectivity index (χ2v) is 5.54. The first kappa shape index (κ1) is 16.3. The van der Waals surface area contributed by atoms with E-state index < -0.39 is 17.9 Å². The molecule has 0 radical (unpaired) electrons. The molecule has 0 fully saturated rings. The molecule has 0 saturated carbocycles. The summed E-state index contributed by atoms with van der Waals surface area (Å²) in [5.74, 6) is -1.45. The summed E-state index contributed by atoms with van der Waals surface area (Å²) in [6.07, 6.45) is -4.55. The number of carbonyl (C=O) groups is 1. The Hall–Kier alpha value is -2.54. The van der Waals surface area contributed by atoms with Crippen LogP contribution in [0.5, 0.6) is 0 Å². The summed E-state index contributed by atoms with van der Waals surface area (Å²) in [6.45, 7) is 0. The van der Waals surface area contributed by atoms with Crippen LogP contribution in [-0.2, 0) is 13.2 Å². The third-order valence-corrected chi connectivity index (χ3v) is 3.84. The third kappa shape index (κ3) is 2.94. The number of nitrogens with one attached hydrogen (secondary N) is 1. The van der Waals surface area contributed by atoms with Gasteiger partial charge in [-0.05, 0) is 30.3 Å². The predicted molar refractivity (Wildman–Crippen MR) is 85.1 cm³/mol. The number of halogens is 4. The van der Waals surface area contributed by atoms with E-state index in [-0.39, 0.29) is 16.1 Å². The van der Waals surface area contributed by atoms with Crippen molar-refractivity contribution in [1.29, 1.82) is 0 Å². The summed E-state index contributed by atoms with van der Waals surface area (Å²) in [7, 11) is 1.29. The summed E-state index contributed by atoms with van der Waals surface area (Å²) < 4.78 is 39.7. The van der Waals surface area contributed by atoms with E-state index in [9.17, 15) is 18.0 Å². The molecule has 3 rings (SSSR count). The van der Waals surface area contributed by atoms with Crippen molar-refractivity contribution in [2.75, 3.05) is 5.32 Å². The molecule has 124 valence electrons. The molecule has 2 aromatic carbocycles. The van der Waals surface area contributed by atoms with Crippen LogP contribution in [0.15, 0.2) is 42.5 Å². The molecule has 0 atom stereocenters. The Morgan fingerprint density at radius 2 is 1.92 bits per heavy atom. The van der Waals surface area contributed by atoms with Gasteiger partial charge in [-0.25, -0.2) is 4.98 Å². The number of aryl methyl sites for hydroxylation is 1. The van der Waals surface area contributed by atoms with Gasteiger partial charge in [0, 0.05) is 12.7 Å². The highest BCUT2D eigenvalue weighted by atomic mass is 35.5. The van der Waals surface area contributed by atoms with E-state index in [0.29, 0.717) is 11.2 Å². The van der Waals surface area contributed by atoms with Crippen LogP contribution in [-0.4, -0.2) is 15.5 Å². The van der Waals surface area contributed by atoms with Crippen molar-refractivity contribution in [3.63, 3.8) is 0 Å². The number of nitrogens with zero attached hydrogens (tertiary/aromatic N) is 2. The highest BCUT2D eigenvalue weighted by Crippen LogP contribution is 2.31. The summed E-state index contributed by atoms with van der Waals surface area (Å²) in [4.78, 5) is 15.8. The Balaban J connectivity index is 1.94. The van der Waals surface area contributed by atoms with Crippen molar-refractivity contribution in [3.05, 3.63) is 58.9 Å². The number of hydrogen-bond donors (Lipinski definition) is 1. The fourth-order valence-corrected chi connectivity index (χ4v) is 2.60. The lowest BCUT2D eigenvalue weighted by Crippen LogP contribution is -2.12. The van der Waals surface area contributed by atoms with Gasteiger partial charge in [-0.15, -0.1) is 0 Å². The summed E-state index contributed by atoms with van der Waals surface area (Å²) >= 11 is 5.95. The summed E-state index contributed by atoms with van der Waals surface area (Å²) in [5, 5.41) is 2.89. The zero-order chi connectivity index (χ0) is 17.5. The topological polar surface area (TPSA) is 46.9 Å². The average molecular weight is 354 g/mol. The minimum absolute atomic E-state index is 0.141. The van der Waals surface area contributed by atoms with E-state index in [1.54, 1.807) is 24.3 Å². The smallest absolute Gasteiger partial charge is 0.323 e. The molecular weight excluding hydrogens is 343 g/mol. The van der Waals surface area contributed by atoms with Gasteiger partial charge in [0.1, 0.15) is 0 Å². The first-order valence-corrected chi connectivity index (χ1v) is 7.25. The molecule has 0 bridgehead atoms. The lowest BCUT2D eigenvalue weighted by Gasteiger charge is -2.07. The van der Waals surface area contributed by atoms with E-state index in [4.69, 9.17) is 11.6 Å². The van der Waals surface area contributed by atoms with Gasteiger partial charge in [0.15, 0.2) is 0 Å². The van der Waals surface area contributed by atoms with Gasteiger partial charge in [0.05, 0.1) is 21.6 Å². The SMILES string of the molecule is Cn1c(C(F)(F)F)nc2cc(NC(=O)c3ccccc3Cl)ccc21. The molecule has 1 aromatic heterocycles. The Kier molecular flexibility index (Phi) is 3.96. The second-order valence-electron chi connectivity index (χ2n) is 5.13. The molecule has 24 heavy (non-hydrogen) atoms. The average Bonchev–Trinajstić information content (AvgIpc) is 2.84. The van der Waals surface area contributed by atoms with E-state index >= 15 is 0 Å². The molecule has 0 spiro atoms. The summed E-state index contributed by atoms with van der Waals surface area (Å²) in [5.41, 5.74) is 1.07. The number of hydrogen-bond acceptors (Lipinski definition) is 2. The van der Waals surface area contributed by atoms with Gasteiger partial charge in [0.25, 0.3) is 5.91 Å². The number of rotatable bonds is 2. The number of amides is 1. The van der Waals surface area contributed by atoms with E-state index in [1.807, 2.05) is 0 Å². The molecule has 0 aliphatic rings. The van der Waals surface area contributed by atoms with E-state index in [0.717, 1.165) is 4.57 Å². The second kappa shape index (κ2) is 5.83. The highest BCUT2D eigenvalue weighted by molar-refractivity contribution is 6.34. The van der Waals surface area contributed by atoms with E-state index in [2.05, 4.69) is 10.3 Å². The Bertz CT molecular complexity index is 934. The molecule has 1 N–H and O–H groups in total. The van der Waals surface area contributed by atoms with Crippen molar-refractivity contribution in [2.24, 2.45) is 7.05 Å². The van der Waals surface area contributed by atoms with Crippen LogP contribution in [0, 0.1) is 0 Å². The van der Waals surface area contributed by atoms with Gasteiger partial charge in [0.2, 0.25) is 5.82 Å². The van der Waals surface area contributed by atoms with Crippen molar-refractivity contribution in [1.82, 2.24) is 9.55 Å². The fraction of sp³-hybridized carbons (Fsp3) is 0.125. The minimum Gasteiger partial charge on any atom is -0.323 e. The molecule has 1 amide bonds. The fourth-order valence-electron chi connectivity index (χ4n) is 2.37. The first-order valence-electron chi connectivity index (χ1n) is 6.87. The molecular formula is C16H11ClF3N3O. The normalized spacial score (nSPS) is 11.7. The number of benzene rings is 2. The van der Waals surface area contributed by atoms with Crippen LogP contribution >= 0.6 is 11.6 Å². The van der Waals surface area contributed by atoms with Crippen LogP contribution in [0.2, 0.25) is 5.02 Å². The molecule has 0 unspecified atom stereocenters. The van der Waals surface area contributed by atoms with Crippen LogP contribution in [0.1, 0.15) is 16.2 Å². The van der Waals surface area contributed by atoms with Crippen LogP contribution < -0.4 is 5.32 Å². The van der Waals surface area contributed by atoms with Gasteiger partial charge in [-0.3, -0.25) is 4.79 Å². The van der Waals surface area contributed by atoms with Crippen molar-refractivity contribution in [3.8, 4) is 0 Å². The minimum atomic E-state index is -4.55. The van der Waals surface area contributed by atoms with E-state index in [1.165, 1.54) is 25.2 Å². The van der Waals surface area contributed by atoms with Crippen molar-refractivity contribution < 1.29 is 18.0 Å². The van der Waals surface area contributed by atoms with Crippen LogP contribution in [0.4, 0.5) is 18.9 Å². The quantitative estimate of drug-likeness (QED) is 0.737. The Morgan fingerprint density at radius 1 is 1.21 bits per heavy atom. The Labute approximate surface area is 139 Å². The van der Waals surface area contributed by atoms with Gasteiger partial charge < -0.3 is 9.88 Å². The first-order chi connectivity index (χ1) is 11.3. The monoisotopic (exact) mass is 353 g/mol. The van der Waals surface area contributed by atoms with Gasteiger partial charge in [-0.2, -0.15) is 13.2 Å². The lowest BCUT2D eigenvalue weighted by atomic mass is 10.2. The molecule has 3 aromatic rings.